The molecule has 0 radical (unpaired) electrons. The van der Waals surface area contributed by atoms with Crippen molar-refractivity contribution in [2.24, 2.45) is 5.73 Å². The number of nitrogens with zero attached hydrogens (tertiary/aromatic N) is 1. The van der Waals surface area contributed by atoms with E-state index in [1.165, 1.54) is 6.42 Å². The third kappa shape index (κ3) is 7.03. The van der Waals surface area contributed by atoms with E-state index in [0.717, 1.165) is 13.0 Å². The molecule has 0 aliphatic rings. The first-order valence-electron chi connectivity index (χ1n) is 5.13. The van der Waals surface area contributed by atoms with Crippen LogP contribution in [-0.2, 0) is 0 Å². The van der Waals surface area contributed by atoms with Gasteiger partial charge in [0.15, 0.2) is 0 Å². The molecule has 2 heteroatoms. The lowest BCUT2D eigenvalue weighted by atomic mass is 9.99. The molecule has 0 aromatic carbocycles. The fourth-order valence-electron chi connectivity index (χ4n) is 1.11. The Morgan fingerprint density at radius 3 is 1.85 bits per heavy atom. The Morgan fingerprint density at radius 2 is 1.54 bits per heavy atom. The summed E-state index contributed by atoms with van der Waals surface area (Å²) in [5.74, 6) is 0. The minimum atomic E-state index is -0.0152. The third-order valence-corrected chi connectivity index (χ3v) is 2.46. The molecule has 0 spiro atoms. The van der Waals surface area contributed by atoms with E-state index in [1.54, 1.807) is 0 Å². The van der Waals surface area contributed by atoms with Crippen molar-refractivity contribution in [1.82, 2.24) is 4.90 Å². The summed E-state index contributed by atoms with van der Waals surface area (Å²) in [6.07, 6.45) is 2.27. The molecule has 0 saturated carbocycles. The smallest absolute Gasteiger partial charge is 0.0122 e. The van der Waals surface area contributed by atoms with Crippen molar-refractivity contribution in [1.29, 1.82) is 0 Å². The maximum absolute atomic E-state index is 5.91. The summed E-state index contributed by atoms with van der Waals surface area (Å²) >= 11 is 0. The van der Waals surface area contributed by atoms with Gasteiger partial charge in [-0.05, 0) is 61.1 Å². The van der Waals surface area contributed by atoms with E-state index in [1.807, 2.05) is 0 Å². The Bertz CT molecular complexity index is 139. The number of nitrogens with two attached hydrogens (primary N) is 1. The second kappa shape index (κ2) is 4.43. The molecule has 0 bridgehead atoms. The molecule has 0 aromatic heterocycles. The second-order valence-corrected chi connectivity index (χ2v) is 5.68. The predicted molar refractivity (Wildman–Crippen MR) is 59.9 cm³/mol. The zero-order valence-corrected chi connectivity index (χ0v) is 10.1. The molecule has 2 nitrogen and oxygen atoms in total. The van der Waals surface area contributed by atoms with Crippen LogP contribution in [0.25, 0.3) is 0 Å². The highest BCUT2D eigenvalue weighted by Gasteiger charge is 2.17. The maximum atomic E-state index is 5.91. The molecule has 0 aliphatic carbocycles. The maximum Gasteiger partial charge on any atom is 0.0122 e. The summed E-state index contributed by atoms with van der Waals surface area (Å²) in [4.78, 5) is 2.37. The molecule has 13 heavy (non-hydrogen) atoms. The van der Waals surface area contributed by atoms with Crippen LogP contribution in [0.2, 0.25) is 0 Å². The Hall–Kier alpha value is -0.0800. The summed E-state index contributed by atoms with van der Waals surface area (Å²) in [6, 6.07) is 0. The summed E-state index contributed by atoms with van der Waals surface area (Å²) < 4.78 is 0. The van der Waals surface area contributed by atoms with E-state index in [0.29, 0.717) is 0 Å². The Kier molecular flexibility index (Phi) is 4.40. The minimum Gasteiger partial charge on any atom is -0.326 e. The van der Waals surface area contributed by atoms with Crippen LogP contribution in [0, 0.1) is 0 Å². The first-order chi connectivity index (χ1) is 5.63. The highest BCUT2D eigenvalue weighted by atomic mass is 15.1. The van der Waals surface area contributed by atoms with E-state index in [9.17, 15) is 0 Å². The topological polar surface area (TPSA) is 29.3 Å². The SMILES string of the molecule is CN(CCCC(C)(C)N)C(C)(C)C. The van der Waals surface area contributed by atoms with Crippen LogP contribution in [0.1, 0.15) is 47.5 Å². The lowest BCUT2D eigenvalue weighted by Gasteiger charge is -2.32. The fourth-order valence-corrected chi connectivity index (χ4v) is 1.11. The van der Waals surface area contributed by atoms with Crippen LogP contribution in [-0.4, -0.2) is 29.6 Å². The predicted octanol–water partition coefficient (Wildman–Crippen LogP) is 2.23. The molecule has 80 valence electrons. The molecule has 0 atom stereocenters. The van der Waals surface area contributed by atoms with Gasteiger partial charge in [0, 0.05) is 11.1 Å². The molecule has 0 amide bonds. The van der Waals surface area contributed by atoms with Crippen molar-refractivity contribution in [3.8, 4) is 0 Å². The van der Waals surface area contributed by atoms with Crippen molar-refractivity contribution in [3.05, 3.63) is 0 Å². The molecular weight excluding hydrogens is 160 g/mol. The highest BCUT2D eigenvalue weighted by molar-refractivity contribution is 4.76. The molecule has 0 aliphatic heterocycles. The van der Waals surface area contributed by atoms with E-state index in [4.69, 9.17) is 5.73 Å². The average Bonchev–Trinajstić information content (AvgIpc) is 1.82. The van der Waals surface area contributed by atoms with Crippen molar-refractivity contribution in [2.45, 2.75) is 58.5 Å². The van der Waals surface area contributed by atoms with Crippen LogP contribution in [0.15, 0.2) is 0 Å². The quantitative estimate of drug-likeness (QED) is 0.729. The van der Waals surface area contributed by atoms with Gasteiger partial charge in [-0.1, -0.05) is 0 Å². The van der Waals surface area contributed by atoms with Gasteiger partial charge in [0.05, 0.1) is 0 Å². The van der Waals surface area contributed by atoms with Crippen LogP contribution in [0.5, 0.6) is 0 Å². The summed E-state index contributed by atoms with van der Waals surface area (Å²) in [5.41, 5.74) is 6.17. The van der Waals surface area contributed by atoms with Crippen LogP contribution in [0.3, 0.4) is 0 Å². The normalized spacial score (nSPS) is 13.8. The molecule has 0 saturated heterocycles. The van der Waals surface area contributed by atoms with Gasteiger partial charge in [0.1, 0.15) is 0 Å². The molecular formula is C11H26N2. The van der Waals surface area contributed by atoms with Gasteiger partial charge < -0.3 is 10.6 Å². The first kappa shape index (κ1) is 12.9. The molecule has 0 unspecified atom stereocenters. The lowest BCUT2D eigenvalue weighted by Crippen LogP contribution is -2.40. The van der Waals surface area contributed by atoms with Gasteiger partial charge in [-0.25, -0.2) is 0 Å². The Labute approximate surface area is 83.5 Å². The zero-order valence-electron chi connectivity index (χ0n) is 10.1. The summed E-state index contributed by atoms with van der Waals surface area (Å²) in [6.45, 7) is 12.0. The minimum absolute atomic E-state index is 0.0152. The van der Waals surface area contributed by atoms with E-state index in [2.05, 4.69) is 46.6 Å². The lowest BCUT2D eigenvalue weighted by molar-refractivity contribution is 0.169. The van der Waals surface area contributed by atoms with Crippen molar-refractivity contribution in [3.63, 3.8) is 0 Å². The standard InChI is InChI=1S/C11H26N2/c1-10(2,3)13(6)9-7-8-11(4,5)12/h7-9,12H2,1-6H3. The molecule has 0 heterocycles. The molecule has 0 rings (SSSR count). The highest BCUT2D eigenvalue weighted by Crippen LogP contribution is 2.13. The number of rotatable bonds is 4. The van der Waals surface area contributed by atoms with Gasteiger partial charge in [0.25, 0.3) is 0 Å². The number of hydrogen-bond acceptors (Lipinski definition) is 2. The Balaban J connectivity index is 3.67. The first-order valence-corrected chi connectivity index (χ1v) is 5.13. The van der Waals surface area contributed by atoms with Gasteiger partial charge in [0.2, 0.25) is 0 Å². The van der Waals surface area contributed by atoms with Crippen molar-refractivity contribution in [2.75, 3.05) is 13.6 Å². The molecule has 2 N–H and O–H groups in total. The van der Waals surface area contributed by atoms with E-state index < -0.39 is 0 Å². The van der Waals surface area contributed by atoms with E-state index in [-0.39, 0.29) is 11.1 Å². The summed E-state index contributed by atoms with van der Waals surface area (Å²) in [7, 11) is 2.17. The van der Waals surface area contributed by atoms with Gasteiger partial charge in [-0.15, -0.1) is 0 Å². The number of hydrogen-bond donors (Lipinski definition) is 1. The Morgan fingerprint density at radius 1 is 1.08 bits per heavy atom. The zero-order chi connectivity index (χ0) is 10.7. The average molecular weight is 186 g/mol. The largest absolute Gasteiger partial charge is 0.326 e. The second-order valence-electron chi connectivity index (χ2n) is 5.68. The van der Waals surface area contributed by atoms with Crippen LogP contribution in [0.4, 0.5) is 0 Å². The van der Waals surface area contributed by atoms with Gasteiger partial charge in [-0.3, -0.25) is 0 Å². The molecule has 0 aromatic rings. The van der Waals surface area contributed by atoms with Crippen LogP contribution < -0.4 is 5.73 Å². The third-order valence-electron chi connectivity index (χ3n) is 2.46. The van der Waals surface area contributed by atoms with Gasteiger partial charge in [-0.2, -0.15) is 0 Å². The van der Waals surface area contributed by atoms with Gasteiger partial charge >= 0.3 is 0 Å². The van der Waals surface area contributed by atoms with E-state index >= 15 is 0 Å². The monoisotopic (exact) mass is 186 g/mol. The summed E-state index contributed by atoms with van der Waals surface area (Å²) in [5, 5.41) is 0. The van der Waals surface area contributed by atoms with Crippen molar-refractivity contribution >= 4 is 0 Å². The van der Waals surface area contributed by atoms with Crippen molar-refractivity contribution < 1.29 is 0 Å². The molecule has 0 fully saturated rings. The fraction of sp³-hybridized carbons (Fsp3) is 1.00. The van der Waals surface area contributed by atoms with Crippen LogP contribution >= 0.6 is 0 Å².